The zero-order valence-electron chi connectivity index (χ0n) is 15.2. The summed E-state index contributed by atoms with van der Waals surface area (Å²) in [6.45, 7) is -0.313. The van der Waals surface area contributed by atoms with Gasteiger partial charge in [-0.25, -0.2) is 4.79 Å². The number of esters is 1. The van der Waals surface area contributed by atoms with Crippen LogP contribution < -0.4 is 4.74 Å². The van der Waals surface area contributed by atoms with Gasteiger partial charge >= 0.3 is 5.97 Å². The SMILES string of the molecule is O=C(CN1C(=O)[C@@H]2[C@H]3C=C[C@@H]([C@@H]4C[C@H]34)[C@H]2C1=O)Oc1ccc2ccccc2c1. The van der Waals surface area contributed by atoms with Gasteiger partial charge in [-0.15, -0.1) is 0 Å². The predicted octanol–water partition coefficient (Wildman–Crippen LogP) is 2.80. The molecule has 2 aromatic carbocycles. The Hall–Kier alpha value is -2.95. The molecule has 5 heteroatoms. The highest BCUT2D eigenvalue weighted by Crippen LogP contribution is 2.65. The summed E-state index contributed by atoms with van der Waals surface area (Å²) in [7, 11) is 0. The van der Waals surface area contributed by atoms with Crippen LogP contribution in [0.5, 0.6) is 5.75 Å². The van der Waals surface area contributed by atoms with Gasteiger partial charge in [-0.3, -0.25) is 14.5 Å². The number of benzene rings is 2. The Morgan fingerprint density at radius 3 is 2.25 bits per heavy atom. The molecule has 1 saturated heterocycles. The van der Waals surface area contributed by atoms with Gasteiger partial charge in [-0.2, -0.15) is 0 Å². The van der Waals surface area contributed by atoms with E-state index in [1.807, 2.05) is 30.3 Å². The van der Waals surface area contributed by atoms with E-state index in [0.717, 1.165) is 22.1 Å². The van der Waals surface area contributed by atoms with Gasteiger partial charge in [-0.1, -0.05) is 42.5 Å². The number of imide groups is 1. The van der Waals surface area contributed by atoms with Crippen LogP contribution in [0.3, 0.4) is 0 Å². The first-order chi connectivity index (χ1) is 13.6. The fourth-order valence-electron chi connectivity index (χ4n) is 5.70. The molecule has 1 aliphatic heterocycles. The highest BCUT2D eigenvalue weighted by molar-refractivity contribution is 6.08. The number of carbonyl (C=O) groups excluding carboxylic acids is 3. The lowest BCUT2D eigenvalue weighted by molar-refractivity contribution is -0.148. The number of hydrogen-bond donors (Lipinski definition) is 0. The smallest absolute Gasteiger partial charge is 0.331 e. The number of likely N-dealkylation sites (tertiary alicyclic amines) is 1. The van der Waals surface area contributed by atoms with E-state index in [9.17, 15) is 14.4 Å². The van der Waals surface area contributed by atoms with Crippen LogP contribution in [0.15, 0.2) is 54.6 Å². The summed E-state index contributed by atoms with van der Waals surface area (Å²) in [5.74, 6) is 0.319. The maximum atomic E-state index is 12.9. The van der Waals surface area contributed by atoms with Crippen LogP contribution >= 0.6 is 0 Å². The molecule has 1 heterocycles. The average molecular weight is 373 g/mol. The van der Waals surface area contributed by atoms with Crippen molar-refractivity contribution in [3.8, 4) is 5.75 Å². The van der Waals surface area contributed by atoms with Gasteiger partial charge < -0.3 is 4.74 Å². The molecular formula is C23H19NO4. The summed E-state index contributed by atoms with van der Waals surface area (Å²) in [4.78, 5) is 39.5. The topological polar surface area (TPSA) is 63.7 Å². The maximum absolute atomic E-state index is 12.9. The Labute approximate surface area is 162 Å². The first kappa shape index (κ1) is 16.0. The monoisotopic (exact) mass is 373 g/mol. The Bertz CT molecular complexity index is 1040. The van der Waals surface area contributed by atoms with Crippen LogP contribution in [0.4, 0.5) is 0 Å². The molecule has 0 unspecified atom stereocenters. The summed E-state index contributed by atoms with van der Waals surface area (Å²) in [5, 5.41) is 2.02. The van der Waals surface area contributed by atoms with E-state index >= 15 is 0 Å². The minimum absolute atomic E-state index is 0.165. The molecule has 5 nitrogen and oxygen atoms in total. The third-order valence-corrected chi connectivity index (χ3v) is 6.99. The molecule has 5 aliphatic rings. The summed E-state index contributed by atoms with van der Waals surface area (Å²) in [6.07, 6.45) is 5.38. The highest BCUT2D eigenvalue weighted by atomic mass is 16.5. The molecule has 4 aliphatic carbocycles. The molecule has 0 aromatic heterocycles. The molecular weight excluding hydrogens is 354 g/mol. The minimum Gasteiger partial charge on any atom is -0.425 e. The number of amides is 2. The molecule has 3 fully saturated rings. The van der Waals surface area contributed by atoms with Crippen LogP contribution in [-0.4, -0.2) is 29.2 Å². The zero-order valence-corrected chi connectivity index (χ0v) is 15.2. The van der Waals surface area contributed by atoms with Crippen LogP contribution in [0, 0.1) is 35.5 Å². The van der Waals surface area contributed by atoms with Crippen molar-refractivity contribution >= 4 is 28.6 Å². The van der Waals surface area contributed by atoms with Gasteiger partial charge in [-0.05, 0) is 53.0 Å². The second kappa shape index (κ2) is 5.53. The van der Waals surface area contributed by atoms with E-state index < -0.39 is 5.97 Å². The third-order valence-electron chi connectivity index (χ3n) is 6.99. The van der Waals surface area contributed by atoms with Gasteiger partial charge in [0.25, 0.3) is 0 Å². The van der Waals surface area contributed by atoms with E-state index in [0.29, 0.717) is 17.6 Å². The maximum Gasteiger partial charge on any atom is 0.331 e. The third kappa shape index (κ3) is 2.16. The molecule has 0 N–H and O–H groups in total. The largest absolute Gasteiger partial charge is 0.425 e. The summed E-state index contributed by atoms with van der Waals surface area (Å²) >= 11 is 0. The van der Waals surface area contributed by atoms with Crippen LogP contribution in [0.2, 0.25) is 0 Å². The second-order valence-corrected chi connectivity index (χ2v) is 8.40. The number of hydrogen-bond acceptors (Lipinski definition) is 4. The van der Waals surface area contributed by atoms with E-state index in [-0.39, 0.29) is 42.0 Å². The molecule has 0 spiro atoms. The Morgan fingerprint density at radius 1 is 0.929 bits per heavy atom. The van der Waals surface area contributed by atoms with Gasteiger partial charge in [0.15, 0.2) is 0 Å². The Kier molecular flexibility index (Phi) is 3.17. The predicted molar refractivity (Wildman–Crippen MR) is 101 cm³/mol. The standard InChI is InChI=1S/C23H19NO4/c25-19(28-14-6-5-12-3-1-2-4-13(12)9-14)11-24-22(26)20-15-7-8-16(18-10-17(15)18)21(20)23(24)27/h1-9,15-18,20-21H,10-11H2/t15-,16-,17-,18+,20+,21+/m0/s1. The number of allylic oxidation sites excluding steroid dienone is 2. The fourth-order valence-corrected chi connectivity index (χ4v) is 5.70. The summed E-state index contributed by atoms with van der Waals surface area (Å²) in [5.41, 5.74) is 0. The first-order valence-electron chi connectivity index (χ1n) is 9.85. The first-order valence-corrected chi connectivity index (χ1v) is 9.85. The number of fused-ring (bicyclic) bond motifs is 1. The number of rotatable bonds is 3. The van der Waals surface area contributed by atoms with Crippen molar-refractivity contribution in [3.63, 3.8) is 0 Å². The van der Waals surface area contributed by atoms with E-state index in [4.69, 9.17) is 4.74 Å². The molecule has 2 aromatic rings. The number of nitrogens with zero attached hydrogens (tertiary/aromatic N) is 1. The van der Waals surface area contributed by atoms with Gasteiger partial charge in [0, 0.05) is 0 Å². The van der Waals surface area contributed by atoms with E-state index in [2.05, 4.69) is 12.2 Å². The Morgan fingerprint density at radius 2 is 1.57 bits per heavy atom. The molecule has 6 atom stereocenters. The lowest BCUT2D eigenvalue weighted by Crippen LogP contribution is -2.40. The molecule has 2 saturated carbocycles. The minimum atomic E-state index is -0.582. The molecule has 7 rings (SSSR count). The second-order valence-electron chi connectivity index (χ2n) is 8.40. The van der Waals surface area contributed by atoms with Gasteiger partial charge in [0.05, 0.1) is 11.8 Å². The van der Waals surface area contributed by atoms with Crippen LogP contribution in [0.1, 0.15) is 6.42 Å². The van der Waals surface area contributed by atoms with E-state index in [1.165, 1.54) is 0 Å². The normalized spacial score (nSPS) is 34.5. The lowest BCUT2D eigenvalue weighted by atomic mass is 9.63. The lowest BCUT2D eigenvalue weighted by Gasteiger charge is -2.37. The molecule has 0 radical (unpaired) electrons. The molecule has 2 amide bonds. The highest BCUT2D eigenvalue weighted by Gasteiger charge is 2.67. The summed E-state index contributed by atoms with van der Waals surface area (Å²) < 4.78 is 5.43. The van der Waals surface area contributed by atoms with Gasteiger partial charge in [0.2, 0.25) is 11.8 Å². The van der Waals surface area contributed by atoms with Crippen molar-refractivity contribution in [2.24, 2.45) is 35.5 Å². The van der Waals surface area contributed by atoms with Crippen LogP contribution in [0.25, 0.3) is 10.8 Å². The van der Waals surface area contributed by atoms with Crippen molar-refractivity contribution in [3.05, 3.63) is 54.6 Å². The molecule has 28 heavy (non-hydrogen) atoms. The Balaban J connectivity index is 1.20. The van der Waals surface area contributed by atoms with E-state index in [1.54, 1.807) is 12.1 Å². The molecule has 2 bridgehead atoms. The summed E-state index contributed by atoms with van der Waals surface area (Å²) in [6, 6.07) is 13.2. The van der Waals surface area contributed by atoms with Crippen molar-refractivity contribution in [2.45, 2.75) is 6.42 Å². The van der Waals surface area contributed by atoms with Crippen molar-refractivity contribution in [2.75, 3.05) is 6.54 Å². The fraction of sp³-hybridized carbons (Fsp3) is 0.348. The van der Waals surface area contributed by atoms with Crippen molar-refractivity contribution in [1.29, 1.82) is 0 Å². The quantitative estimate of drug-likeness (QED) is 0.359. The van der Waals surface area contributed by atoms with Crippen molar-refractivity contribution < 1.29 is 19.1 Å². The number of ether oxygens (including phenoxy) is 1. The number of carbonyl (C=O) groups is 3. The van der Waals surface area contributed by atoms with Gasteiger partial charge in [0.1, 0.15) is 12.3 Å². The zero-order chi connectivity index (χ0) is 19.0. The van der Waals surface area contributed by atoms with Crippen molar-refractivity contribution in [1.82, 2.24) is 4.90 Å². The molecule has 140 valence electrons. The average Bonchev–Trinajstić information content (AvgIpc) is 3.49. The van der Waals surface area contributed by atoms with Crippen LogP contribution in [-0.2, 0) is 14.4 Å².